The number of oxazole rings is 1. The van der Waals surface area contributed by atoms with Crippen molar-refractivity contribution in [1.29, 1.82) is 0 Å². The SMILES string of the molecule is CCc1nc2cc(NC(=O)N[C@H](C)Cc3c(C)noc3C)ccc2o1. The lowest BCUT2D eigenvalue weighted by Gasteiger charge is -2.14. The van der Waals surface area contributed by atoms with Gasteiger partial charge in [0, 0.05) is 23.7 Å². The van der Waals surface area contributed by atoms with E-state index in [2.05, 4.69) is 20.8 Å². The lowest BCUT2D eigenvalue weighted by Crippen LogP contribution is -2.37. The summed E-state index contributed by atoms with van der Waals surface area (Å²) in [4.78, 5) is 16.6. The maximum Gasteiger partial charge on any atom is 0.319 e. The van der Waals surface area contributed by atoms with Crippen LogP contribution in [0.5, 0.6) is 0 Å². The van der Waals surface area contributed by atoms with E-state index < -0.39 is 0 Å². The number of carbonyl (C=O) groups excluding carboxylic acids is 1. The fourth-order valence-corrected chi connectivity index (χ4v) is 2.75. The van der Waals surface area contributed by atoms with E-state index in [0.717, 1.165) is 34.5 Å². The number of benzene rings is 1. The topological polar surface area (TPSA) is 93.2 Å². The minimum absolute atomic E-state index is 0.0562. The van der Waals surface area contributed by atoms with Gasteiger partial charge in [0.2, 0.25) is 0 Å². The first-order valence-electron chi connectivity index (χ1n) is 8.35. The van der Waals surface area contributed by atoms with Crippen LogP contribution in [0, 0.1) is 13.8 Å². The van der Waals surface area contributed by atoms with Crippen LogP contribution in [-0.4, -0.2) is 22.2 Å². The molecule has 0 aliphatic rings. The van der Waals surface area contributed by atoms with E-state index >= 15 is 0 Å². The summed E-state index contributed by atoms with van der Waals surface area (Å²) in [5, 5.41) is 9.69. The molecule has 0 saturated heterocycles. The summed E-state index contributed by atoms with van der Waals surface area (Å²) in [6.07, 6.45) is 1.40. The van der Waals surface area contributed by atoms with E-state index in [1.807, 2.05) is 33.8 Å². The Kier molecular flexibility index (Phi) is 4.74. The quantitative estimate of drug-likeness (QED) is 0.736. The monoisotopic (exact) mass is 342 g/mol. The molecular weight excluding hydrogens is 320 g/mol. The summed E-state index contributed by atoms with van der Waals surface area (Å²) >= 11 is 0. The van der Waals surface area contributed by atoms with Gasteiger partial charge in [0.1, 0.15) is 11.3 Å². The molecule has 25 heavy (non-hydrogen) atoms. The summed E-state index contributed by atoms with van der Waals surface area (Å²) < 4.78 is 10.7. The van der Waals surface area contributed by atoms with E-state index in [9.17, 15) is 4.79 Å². The van der Waals surface area contributed by atoms with Crippen LogP contribution in [0.1, 0.15) is 36.8 Å². The fourth-order valence-electron chi connectivity index (χ4n) is 2.75. The predicted octanol–water partition coefficient (Wildman–Crippen LogP) is 3.75. The molecule has 0 fully saturated rings. The molecule has 0 aliphatic carbocycles. The van der Waals surface area contributed by atoms with Crippen LogP contribution < -0.4 is 10.6 Å². The summed E-state index contributed by atoms with van der Waals surface area (Å²) in [5.74, 6) is 1.47. The molecular formula is C18H22N4O3. The minimum Gasteiger partial charge on any atom is -0.441 e. The third-order valence-electron chi connectivity index (χ3n) is 4.06. The van der Waals surface area contributed by atoms with Crippen LogP contribution in [0.4, 0.5) is 10.5 Å². The highest BCUT2D eigenvalue weighted by Gasteiger charge is 2.15. The highest BCUT2D eigenvalue weighted by atomic mass is 16.5. The van der Waals surface area contributed by atoms with Gasteiger partial charge in [-0.1, -0.05) is 12.1 Å². The Morgan fingerprint density at radius 1 is 1.32 bits per heavy atom. The second-order valence-corrected chi connectivity index (χ2v) is 6.15. The molecule has 3 aromatic rings. The van der Waals surface area contributed by atoms with Gasteiger partial charge in [-0.05, 0) is 45.4 Å². The second-order valence-electron chi connectivity index (χ2n) is 6.15. The predicted molar refractivity (Wildman–Crippen MR) is 94.7 cm³/mol. The van der Waals surface area contributed by atoms with Crippen LogP contribution in [0.2, 0.25) is 0 Å². The van der Waals surface area contributed by atoms with Crippen LogP contribution in [-0.2, 0) is 12.8 Å². The Hall–Kier alpha value is -2.83. The van der Waals surface area contributed by atoms with Crippen LogP contribution in [0.3, 0.4) is 0 Å². The highest BCUT2D eigenvalue weighted by Crippen LogP contribution is 2.20. The number of nitrogens with zero attached hydrogens (tertiary/aromatic N) is 2. The van der Waals surface area contributed by atoms with Crippen molar-refractivity contribution in [2.75, 3.05) is 5.32 Å². The van der Waals surface area contributed by atoms with Crippen LogP contribution in [0.25, 0.3) is 11.1 Å². The summed E-state index contributed by atoms with van der Waals surface area (Å²) in [6, 6.07) is 5.09. The van der Waals surface area contributed by atoms with Gasteiger partial charge >= 0.3 is 6.03 Å². The van der Waals surface area contributed by atoms with Gasteiger partial charge in [0.25, 0.3) is 0 Å². The molecule has 0 spiro atoms. The second kappa shape index (κ2) is 6.96. The molecule has 2 aromatic heterocycles. The van der Waals surface area contributed by atoms with Crippen molar-refractivity contribution in [3.8, 4) is 0 Å². The number of rotatable bonds is 5. The largest absolute Gasteiger partial charge is 0.441 e. The standard InChI is InChI=1S/C18H22N4O3/c1-5-17-21-15-9-13(6-7-16(15)24-17)20-18(23)19-10(2)8-14-11(3)22-25-12(14)4/h6-7,9-10H,5,8H2,1-4H3,(H2,19,20,23)/t10-/m1/s1. The fraction of sp³-hybridized carbons (Fsp3) is 0.389. The van der Waals surface area contributed by atoms with Crippen molar-refractivity contribution in [3.63, 3.8) is 0 Å². The number of urea groups is 1. The minimum atomic E-state index is -0.266. The number of hydrogen-bond acceptors (Lipinski definition) is 5. The maximum atomic E-state index is 12.2. The molecule has 2 heterocycles. The number of aryl methyl sites for hydroxylation is 3. The lowest BCUT2D eigenvalue weighted by molar-refractivity contribution is 0.249. The smallest absolute Gasteiger partial charge is 0.319 e. The molecule has 132 valence electrons. The number of amides is 2. The molecule has 3 rings (SSSR count). The molecule has 7 nitrogen and oxygen atoms in total. The van der Waals surface area contributed by atoms with Gasteiger partial charge in [0.05, 0.1) is 5.69 Å². The first-order valence-corrected chi connectivity index (χ1v) is 8.35. The number of aromatic nitrogens is 2. The summed E-state index contributed by atoms with van der Waals surface area (Å²) in [5.41, 5.74) is 4.01. The molecule has 0 radical (unpaired) electrons. The summed E-state index contributed by atoms with van der Waals surface area (Å²) in [6.45, 7) is 7.70. The Balaban J connectivity index is 1.62. The Labute approximate surface area is 145 Å². The van der Waals surface area contributed by atoms with Crippen molar-refractivity contribution in [3.05, 3.63) is 41.1 Å². The van der Waals surface area contributed by atoms with Gasteiger partial charge in [-0.3, -0.25) is 0 Å². The van der Waals surface area contributed by atoms with Gasteiger partial charge in [-0.15, -0.1) is 0 Å². The molecule has 1 atom stereocenters. The molecule has 0 unspecified atom stereocenters. The molecule has 0 saturated carbocycles. The zero-order chi connectivity index (χ0) is 18.0. The van der Waals surface area contributed by atoms with Crippen molar-refractivity contribution in [2.24, 2.45) is 0 Å². The highest BCUT2D eigenvalue weighted by molar-refractivity contribution is 5.91. The van der Waals surface area contributed by atoms with Crippen molar-refractivity contribution in [2.45, 2.75) is 46.6 Å². The van der Waals surface area contributed by atoms with Crippen molar-refractivity contribution < 1.29 is 13.7 Å². The van der Waals surface area contributed by atoms with E-state index in [1.54, 1.807) is 12.1 Å². The number of hydrogen-bond donors (Lipinski definition) is 2. The van der Waals surface area contributed by atoms with E-state index in [1.165, 1.54) is 0 Å². The zero-order valence-electron chi connectivity index (χ0n) is 14.8. The number of fused-ring (bicyclic) bond motifs is 1. The summed E-state index contributed by atoms with van der Waals surface area (Å²) in [7, 11) is 0. The Morgan fingerprint density at radius 3 is 2.80 bits per heavy atom. The van der Waals surface area contributed by atoms with Crippen LogP contribution >= 0.6 is 0 Å². The Bertz CT molecular complexity index is 877. The number of carbonyl (C=O) groups is 1. The van der Waals surface area contributed by atoms with Crippen LogP contribution in [0.15, 0.2) is 27.1 Å². The maximum absolute atomic E-state index is 12.2. The van der Waals surface area contributed by atoms with Crippen molar-refractivity contribution in [1.82, 2.24) is 15.5 Å². The van der Waals surface area contributed by atoms with E-state index in [0.29, 0.717) is 18.0 Å². The molecule has 1 aromatic carbocycles. The van der Waals surface area contributed by atoms with Gasteiger partial charge in [0.15, 0.2) is 11.5 Å². The lowest BCUT2D eigenvalue weighted by atomic mass is 10.1. The van der Waals surface area contributed by atoms with Gasteiger partial charge in [-0.2, -0.15) is 0 Å². The molecule has 2 N–H and O–H groups in total. The molecule has 7 heteroatoms. The first-order chi connectivity index (χ1) is 12.0. The van der Waals surface area contributed by atoms with Crippen molar-refractivity contribution >= 4 is 22.8 Å². The average molecular weight is 342 g/mol. The van der Waals surface area contributed by atoms with Gasteiger partial charge in [-0.25, -0.2) is 9.78 Å². The molecule has 0 bridgehead atoms. The zero-order valence-corrected chi connectivity index (χ0v) is 14.8. The molecule has 2 amide bonds. The first kappa shape index (κ1) is 17.0. The third-order valence-corrected chi connectivity index (χ3v) is 4.06. The normalized spacial score (nSPS) is 12.3. The molecule has 0 aliphatic heterocycles. The Morgan fingerprint density at radius 2 is 2.12 bits per heavy atom. The van der Waals surface area contributed by atoms with Gasteiger partial charge < -0.3 is 19.6 Å². The van der Waals surface area contributed by atoms with E-state index in [-0.39, 0.29) is 12.1 Å². The third kappa shape index (κ3) is 3.81. The number of nitrogens with one attached hydrogen (secondary N) is 2. The average Bonchev–Trinajstić information content (AvgIpc) is 3.12. The van der Waals surface area contributed by atoms with E-state index in [4.69, 9.17) is 8.94 Å². The number of anilines is 1.